The molecule has 7 nitrogen and oxygen atoms in total. The fraction of sp³-hybridized carbons (Fsp3) is 0.235. The summed E-state index contributed by atoms with van der Waals surface area (Å²) in [5, 5.41) is 20.0. The lowest BCUT2D eigenvalue weighted by molar-refractivity contribution is 0.0547. The number of pyridine rings is 2. The third-order valence-corrected chi connectivity index (χ3v) is 3.55. The van der Waals surface area contributed by atoms with Gasteiger partial charge in [0.1, 0.15) is 5.60 Å². The number of ether oxygens (including phenoxy) is 1. The number of carbonyl (C=O) groups excluding carboxylic acids is 1. The third-order valence-electron chi connectivity index (χ3n) is 3.55. The van der Waals surface area contributed by atoms with Crippen molar-refractivity contribution in [1.82, 2.24) is 14.5 Å². The Bertz CT molecular complexity index is 917. The molecule has 8 heteroatoms. The lowest BCUT2D eigenvalue weighted by Gasteiger charge is -2.21. The van der Waals surface area contributed by atoms with Crippen molar-refractivity contribution in [2.24, 2.45) is 0 Å². The highest BCUT2D eigenvalue weighted by molar-refractivity contribution is 6.59. The van der Waals surface area contributed by atoms with E-state index >= 15 is 0 Å². The topological polar surface area (TPSA) is 97.5 Å². The minimum atomic E-state index is -1.83. The van der Waals surface area contributed by atoms with Crippen molar-refractivity contribution in [2.45, 2.75) is 26.4 Å². The molecule has 0 saturated carbocycles. The molecule has 0 aromatic carbocycles. The van der Waals surface area contributed by atoms with Crippen LogP contribution in [0.25, 0.3) is 22.2 Å². The average molecular weight is 339 g/mol. The van der Waals surface area contributed by atoms with Gasteiger partial charge < -0.3 is 14.8 Å². The van der Waals surface area contributed by atoms with E-state index in [1.54, 1.807) is 57.6 Å². The maximum Gasteiger partial charge on any atom is 0.506 e. The molecule has 0 aliphatic rings. The van der Waals surface area contributed by atoms with Crippen LogP contribution in [0.1, 0.15) is 20.8 Å². The minimum Gasteiger partial charge on any atom is -0.443 e. The van der Waals surface area contributed by atoms with Gasteiger partial charge in [0.25, 0.3) is 0 Å². The third kappa shape index (κ3) is 3.40. The summed E-state index contributed by atoms with van der Waals surface area (Å²) < 4.78 is 6.56. The standard InChI is InChI=1S/C17H18BN3O4/c1-17(2,3)25-16(22)21-13-6-9-20-15(11-4-7-19-8-5-11)12(13)10-14(21)18(23)24/h4-10,23-24H,1-3H3. The van der Waals surface area contributed by atoms with E-state index < -0.39 is 18.8 Å². The van der Waals surface area contributed by atoms with Gasteiger partial charge in [-0.1, -0.05) is 0 Å². The van der Waals surface area contributed by atoms with Gasteiger partial charge in [-0.2, -0.15) is 0 Å². The number of rotatable bonds is 2. The Morgan fingerprint density at radius 1 is 1.16 bits per heavy atom. The maximum atomic E-state index is 12.6. The Labute approximate surface area is 145 Å². The summed E-state index contributed by atoms with van der Waals surface area (Å²) in [7, 11) is -1.83. The van der Waals surface area contributed by atoms with Gasteiger partial charge in [0, 0.05) is 29.5 Å². The molecule has 0 unspecified atom stereocenters. The minimum absolute atomic E-state index is 0.0209. The van der Waals surface area contributed by atoms with Gasteiger partial charge in [-0.3, -0.25) is 14.5 Å². The first-order valence-electron chi connectivity index (χ1n) is 7.78. The van der Waals surface area contributed by atoms with E-state index in [1.165, 1.54) is 6.07 Å². The molecular weight excluding hydrogens is 321 g/mol. The smallest absolute Gasteiger partial charge is 0.443 e. The number of aromatic nitrogens is 3. The molecule has 2 N–H and O–H groups in total. The molecule has 0 bridgehead atoms. The lowest BCUT2D eigenvalue weighted by Crippen LogP contribution is -2.40. The van der Waals surface area contributed by atoms with Crippen LogP contribution in [0.2, 0.25) is 0 Å². The predicted molar refractivity (Wildman–Crippen MR) is 94.4 cm³/mol. The second-order valence-corrected chi connectivity index (χ2v) is 6.59. The van der Waals surface area contributed by atoms with Gasteiger partial charge in [0.2, 0.25) is 0 Å². The number of carbonyl (C=O) groups is 1. The van der Waals surface area contributed by atoms with E-state index in [4.69, 9.17) is 4.74 Å². The summed E-state index contributed by atoms with van der Waals surface area (Å²) in [6.45, 7) is 5.24. The normalized spacial score (nSPS) is 11.6. The largest absolute Gasteiger partial charge is 0.506 e. The van der Waals surface area contributed by atoms with Gasteiger partial charge >= 0.3 is 13.2 Å². The number of fused-ring (bicyclic) bond motifs is 1. The second-order valence-electron chi connectivity index (χ2n) is 6.59. The van der Waals surface area contributed by atoms with Crippen molar-refractivity contribution in [2.75, 3.05) is 0 Å². The zero-order valence-electron chi connectivity index (χ0n) is 14.2. The summed E-state index contributed by atoms with van der Waals surface area (Å²) in [6, 6.07) is 6.76. The van der Waals surface area contributed by atoms with E-state index in [9.17, 15) is 14.8 Å². The Kier molecular flexibility index (Phi) is 4.32. The van der Waals surface area contributed by atoms with Gasteiger partial charge in [-0.05, 0) is 45.0 Å². The molecule has 0 aliphatic carbocycles. The fourth-order valence-corrected chi connectivity index (χ4v) is 2.59. The van der Waals surface area contributed by atoms with Crippen molar-refractivity contribution in [1.29, 1.82) is 0 Å². The number of hydrogen-bond donors (Lipinski definition) is 2. The molecule has 0 amide bonds. The SMILES string of the molecule is CC(C)(C)OC(=O)n1c(B(O)O)cc2c(-c3ccncc3)nccc21. The Morgan fingerprint density at radius 2 is 1.84 bits per heavy atom. The van der Waals surface area contributed by atoms with Crippen LogP contribution in [0.5, 0.6) is 0 Å². The highest BCUT2D eigenvalue weighted by Crippen LogP contribution is 2.27. The van der Waals surface area contributed by atoms with Crippen LogP contribution in [0.15, 0.2) is 42.9 Å². The molecule has 0 saturated heterocycles. The summed E-state index contributed by atoms with van der Waals surface area (Å²) in [5.74, 6) is 0. The van der Waals surface area contributed by atoms with Crippen molar-refractivity contribution in [3.63, 3.8) is 0 Å². The Morgan fingerprint density at radius 3 is 2.44 bits per heavy atom. The summed E-state index contributed by atoms with van der Waals surface area (Å²) >= 11 is 0. The van der Waals surface area contributed by atoms with Crippen LogP contribution >= 0.6 is 0 Å². The van der Waals surface area contributed by atoms with Crippen LogP contribution in [0, 0.1) is 0 Å². The second kappa shape index (κ2) is 6.31. The number of nitrogens with zero attached hydrogens (tertiary/aromatic N) is 3. The first kappa shape index (κ1) is 17.1. The molecule has 3 rings (SSSR count). The first-order valence-corrected chi connectivity index (χ1v) is 7.78. The predicted octanol–water partition coefficient (Wildman–Crippen LogP) is 1.56. The quantitative estimate of drug-likeness (QED) is 0.688. The number of hydrogen-bond acceptors (Lipinski definition) is 6. The van der Waals surface area contributed by atoms with Gasteiger partial charge in [-0.15, -0.1) is 0 Å². The first-order chi connectivity index (χ1) is 11.8. The van der Waals surface area contributed by atoms with Crippen LogP contribution in [0.4, 0.5) is 4.79 Å². The molecule has 0 aliphatic heterocycles. The lowest BCUT2D eigenvalue weighted by atomic mass is 9.86. The molecule has 0 fully saturated rings. The van der Waals surface area contributed by atoms with Crippen LogP contribution < -0.4 is 5.59 Å². The molecule has 3 heterocycles. The highest BCUT2D eigenvalue weighted by atomic mass is 16.6. The van der Waals surface area contributed by atoms with Crippen LogP contribution in [-0.2, 0) is 4.74 Å². The Hall–Kier alpha value is -2.71. The van der Waals surface area contributed by atoms with Crippen molar-refractivity contribution < 1.29 is 19.6 Å². The van der Waals surface area contributed by atoms with Crippen molar-refractivity contribution in [3.05, 3.63) is 42.9 Å². The van der Waals surface area contributed by atoms with Gasteiger partial charge in [0.15, 0.2) is 0 Å². The zero-order chi connectivity index (χ0) is 18.2. The summed E-state index contributed by atoms with van der Waals surface area (Å²) in [4.78, 5) is 20.9. The van der Waals surface area contributed by atoms with E-state index in [0.29, 0.717) is 16.6 Å². The molecule has 0 atom stereocenters. The summed E-state index contributed by atoms with van der Waals surface area (Å²) in [6.07, 6.45) is 4.16. The molecule has 3 aromatic rings. The molecule has 3 aromatic heterocycles. The molecular formula is C17H18BN3O4. The van der Waals surface area contributed by atoms with E-state index in [2.05, 4.69) is 9.97 Å². The van der Waals surface area contributed by atoms with E-state index in [1.807, 2.05) is 0 Å². The summed E-state index contributed by atoms with van der Waals surface area (Å²) in [5.41, 5.74) is 1.21. The zero-order valence-corrected chi connectivity index (χ0v) is 14.2. The highest BCUT2D eigenvalue weighted by Gasteiger charge is 2.28. The van der Waals surface area contributed by atoms with Gasteiger partial charge in [-0.25, -0.2) is 4.79 Å². The molecule has 128 valence electrons. The van der Waals surface area contributed by atoms with Crippen LogP contribution in [-0.4, -0.2) is 43.4 Å². The Balaban J connectivity index is 2.23. The van der Waals surface area contributed by atoms with E-state index in [0.717, 1.165) is 10.1 Å². The monoisotopic (exact) mass is 339 g/mol. The van der Waals surface area contributed by atoms with Crippen molar-refractivity contribution in [3.8, 4) is 11.3 Å². The van der Waals surface area contributed by atoms with Crippen molar-refractivity contribution >= 4 is 29.7 Å². The molecule has 0 spiro atoms. The molecule has 25 heavy (non-hydrogen) atoms. The average Bonchev–Trinajstić information content (AvgIpc) is 2.94. The van der Waals surface area contributed by atoms with Crippen LogP contribution in [0.3, 0.4) is 0 Å². The fourth-order valence-electron chi connectivity index (χ4n) is 2.59. The van der Waals surface area contributed by atoms with Gasteiger partial charge in [0.05, 0.1) is 16.8 Å². The molecule has 0 radical (unpaired) electrons. The van der Waals surface area contributed by atoms with E-state index in [-0.39, 0.29) is 5.59 Å². The maximum absolute atomic E-state index is 12.6.